The van der Waals surface area contributed by atoms with Crippen molar-refractivity contribution in [1.29, 1.82) is 0 Å². The van der Waals surface area contributed by atoms with E-state index < -0.39 is 46.8 Å². The molecular formula is C16H11F3N2O2S. The highest BCUT2D eigenvalue weighted by molar-refractivity contribution is 7.12. The number of benzene rings is 1. The van der Waals surface area contributed by atoms with Crippen molar-refractivity contribution in [3.63, 3.8) is 0 Å². The first-order valence-corrected chi connectivity index (χ1v) is 7.50. The van der Waals surface area contributed by atoms with Crippen LogP contribution >= 0.6 is 11.3 Å². The van der Waals surface area contributed by atoms with Gasteiger partial charge in [-0.3, -0.25) is 9.59 Å². The Morgan fingerprint density at radius 1 is 1.17 bits per heavy atom. The first-order valence-electron chi connectivity index (χ1n) is 6.62. The van der Waals surface area contributed by atoms with E-state index in [1.54, 1.807) is 17.5 Å². The SMILES string of the molecule is C=C(F)/C(CC(=O)c1cccs1)=N\NC(=O)c1c(F)cccc1F. The Labute approximate surface area is 139 Å². The molecule has 124 valence electrons. The lowest BCUT2D eigenvalue weighted by Crippen LogP contribution is -2.23. The Balaban J connectivity index is 2.15. The molecule has 2 aromatic rings. The van der Waals surface area contributed by atoms with Crippen LogP contribution in [-0.4, -0.2) is 17.4 Å². The van der Waals surface area contributed by atoms with Crippen LogP contribution in [0.15, 0.2) is 53.2 Å². The second kappa shape index (κ2) is 7.69. The van der Waals surface area contributed by atoms with Gasteiger partial charge in [0.25, 0.3) is 5.91 Å². The summed E-state index contributed by atoms with van der Waals surface area (Å²) in [5, 5.41) is 5.10. The number of carbonyl (C=O) groups is 2. The van der Waals surface area contributed by atoms with Gasteiger partial charge < -0.3 is 0 Å². The highest BCUT2D eigenvalue weighted by atomic mass is 32.1. The largest absolute Gasteiger partial charge is 0.293 e. The third-order valence-electron chi connectivity index (χ3n) is 2.92. The zero-order valence-corrected chi connectivity index (χ0v) is 13.0. The number of ketones is 1. The zero-order valence-electron chi connectivity index (χ0n) is 12.2. The van der Waals surface area contributed by atoms with Gasteiger partial charge in [0, 0.05) is 0 Å². The van der Waals surface area contributed by atoms with E-state index in [9.17, 15) is 22.8 Å². The average Bonchev–Trinajstić information content (AvgIpc) is 3.05. The second-order valence-corrected chi connectivity index (χ2v) is 5.53. The number of carbonyl (C=O) groups excluding carboxylic acids is 2. The lowest BCUT2D eigenvalue weighted by atomic mass is 10.1. The van der Waals surface area contributed by atoms with Gasteiger partial charge in [-0.1, -0.05) is 18.7 Å². The van der Waals surface area contributed by atoms with Crippen molar-refractivity contribution >= 4 is 28.7 Å². The van der Waals surface area contributed by atoms with E-state index >= 15 is 0 Å². The molecule has 24 heavy (non-hydrogen) atoms. The van der Waals surface area contributed by atoms with Crippen molar-refractivity contribution < 1.29 is 22.8 Å². The van der Waals surface area contributed by atoms with E-state index in [0.717, 1.165) is 18.2 Å². The monoisotopic (exact) mass is 352 g/mol. The van der Waals surface area contributed by atoms with Crippen LogP contribution in [0.2, 0.25) is 0 Å². The quantitative estimate of drug-likeness (QED) is 0.487. The van der Waals surface area contributed by atoms with Gasteiger partial charge in [-0.25, -0.2) is 18.6 Å². The van der Waals surface area contributed by atoms with Crippen molar-refractivity contribution in [2.24, 2.45) is 5.10 Å². The van der Waals surface area contributed by atoms with Crippen molar-refractivity contribution in [1.82, 2.24) is 5.43 Å². The molecule has 0 fully saturated rings. The number of rotatable bonds is 6. The average molecular weight is 352 g/mol. The summed E-state index contributed by atoms with van der Waals surface area (Å²) in [6, 6.07) is 6.11. The molecule has 1 heterocycles. The van der Waals surface area contributed by atoms with Crippen molar-refractivity contribution in [3.8, 4) is 0 Å². The Morgan fingerprint density at radius 2 is 1.83 bits per heavy atom. The van der Waals surface area contributed by atoms with E-state index in [1.807, 2.05) is 5.43 Å². The van der Waals surface area contributed by atoms with Crippen LogP contribution in [0.4, 0.5) is 13.2 Å². The number of thiophene rings is 1. The molecule has 0 aliphatic heterocycles. The van der Waals surface area contributed by atoms with E-state index in [0.29, 0.717) is 4.88 Å². The van der Waals surface area contributed by atoms with Gasteiger partial charge in [0.05, 0.1) is 11.3 Å². The van der Waals surface area contributed by atoms with Gasteiger partial charge in [0.2, 0.25) is 0 Å². The molecule has 0 spiro atoms. The minimum Gasteiger partial charge on any atom is -0.293 e. The number of halogens is 3. The number of nitrogens with one attached hydrogen (secondary N) is 1. The van der Waals surface area contributed by atoms with Gasteiger partial charge >= 0.3 is 0 Å². The van der Waals surface area contributed by atoms with Gasteiger partial charge in [-0.2, -0.15) is 5.10 Å². The normalized spacial score (nSPS) is 11.2. The third-order valence-corrected chi connectivity index (χ3v) is 3.83. The van der Waals surface area contributed by atoms with E-state index in [2.05, 4.69) is 11.7 Å². The van der Waals surface area contributed by atoms with Crippen LogP contribution in [0.1, 0.15) is 26.5 Å². The summed E-state index contributed by atoms with van der Waals surface area (Å²) in [4.78, 5) is 24.1. The lowest BCUT2D eigenvalue weighted by molar-refractivity contribution is 0.0943. The van der Waals surface area contributed by atoms with Crippen LogP contribution in [0, 0.1) is 11.6 Å². The highest BCUT2D eigenvalue weighted by Crippen LogP contribution is 2.14. The minimum atomic E-state index is -1.20. The molecule has 4 nitrogen and oxygen atoms in total. The molecule has 0 unspecified atom stereocenters. The minimum absolute atomic E-state index is 0.385. The maximum atomic E-state index is 13.5. The molecule has 0 bridgehead atoms. The molecule has 1 amide bonds. The number of hydrogen-bond acceptors (Lipinski definition) is 4. The molecule has 0 aliphatic carbocycles. The van der Waals surface area contributed by atoms with Gasteiger partial charge in [-0.15, -0.1) is 11.3 Å². The molecule has 2 rings (SSSR count). The maximum Gasteiger partial charge on any atom is 0.277 e. The third kappa shape index (κ3) is 4.17. The Morgan fingerprint density at radius 3 is 2.38 bits per heavy atom. The standard InChI is InChI=1S/C16H11F3N2O2S/c1-9(17)12(8-13(22)14-6-3-7-24-14)20-21-16(23)15-10(18)4-2-5-11(15)19/h2-7H,1,8H2,(H,21,23)/b20-12-. The fourth-order valence-corrected chi connectivity index (χ4v) is 2.43. The zero-order chi connectivity index (χ0) is 17.7. The Hall–Kier alpha value is -2.74. The molecule has 0 radical (unpaired) electrons. The maximum absolute atomic E-state index is 13.5. The second-order valence-electron chi connectivity index (χ2n) is 4.58. The predicted octanol–water partition coefficient (Wildman–Crippen LogP) is 3.87. The molecule has 0 atom stereocenters. The van der Waals surface area contributed by atoms with Crippen molar-refractivity contribution in [3.05, 3.63) is 70.2 Å². The van der Waals surface area contributed by atoms with Crippen LogP contribution in [0.25, 0.3) is 0 Å². The van der Waals surface area contributed by atoms with Gasteiger partial charge in [0.1, 0.15) is 28.7 Å². The summed E-state index contributed by atoms with van der Waals surface area (Å²) in [6.07, 6.45) is -0.449. The number of hydrogen-bond donors (Lipinski definition) is 1. The number of nitrogens with zero attached hydrogens (tertiary/aromatic N) is 1. The van der Waals surface area contributed by atoms with Gasteiger partial charge in [0.15, 0.2) is 5.78 Å². The summed E-state index contributed by atoms with van der Waals surface area (Å²) in [6.45, 7) is 3.03. The summed E-state index contributed by atoms with van der Waals surface area (Å²) in [5.74, 6) is -4.83. The molecule has 0 saturated heterocycles. The first-order chi connectivity index (χ1) is 11.4. The van der Waals surface area contributed by atoms with E-state index in [-0.39, 0.29) is 0 Å². The fraction of sp³-hybridized carbons (Fsp3) is 0.0625. The van der Waals surface area contributed by atoms with Crippen LogP contribution in [-0.2, 0) is 0 Å². The lowest BCUT2D eigenvalue weighted by Gasteiger charge is -2.05. The molecular weight excluding hydrogens is 341 g/mol. The number of allylic oxidation sites excluding steroid dienone is 1. The summed E-state index contributed by atoms with van der Waals surface area (Å²) in [5.41, 5.74) is 0.548. The molecule has 1 aromatic heterocycles. The Bertz CT molecular complexity index is 796. The summed E-state index contributed by atoms with van der Waals surface area (Å²) < 4.78 is 40.4. The summed E-state index contributed by atoms with van der Waals surface area (Å²) >= 11 is 1.17. The Kier molecular flexibility index (Phi) is 5.64. The smallest absolute Gasteiger partial charge is 0.277 e. The predicted molar refractivity (Wildman–Crippen MR) is 84.8 cm³/mol. The molecule has 1 N–H and O–H groups in total. The van der Waals surface area contributed by atoms with Crippen LogP contribution < -0.4 is 5.43 Å². The number of hydrazone groups is 1. The number of Topliss-reactive ketones (excluding diaryl/α,β-unsaturated/α-hetero) is 1. The van der Waals surface area contributed by atoms with Crippen LogP contribution in [0.3, 0.4) is 0 Å². The summed E-state index contributed by atoms with van der Waals surface area (Å²) in [7, 11) is 0. The molecule has 0 aliphatic rings. The fourth-order valence-electron chi connectivity index (χ4n) is 1.76. The van der Waals surface area contributed by atoms with Crippen molar-refractivity contribution in [2.45, 2.75) is 6.42 Å². The van der Waals surface area contributed by atoms with E-state index in [4.69, 9.17) is 0 Å². The van der Waals surface area contributed by atoms with Gasteiger partial charge in [-0.05, 0) is 23.6 Å². The molecule has 0 saturated carbocycles. The highest BCUT2D eigenvalue weighted by Gasteiger charge is 2.18. The molecule has 1 aromatic carbocycles. The number of amides is 1. The topological polar surface area (TPSA) is 58.5 Å². The molecule has 8 heteroatoms. The van der Waals surface area contributed by atoms with Crippen molar-refractivity contribution in [2.75, 3.05) is 0 Å². The first kappa shape index (κ1) is 17.6. The van der Waals surface area contributed by atoms with Crippen LogP contribution in [0.5, 0.6) is 0 Å². The van der Waals surface area contributed by atoms with E-state index in [1.165, 1.54) is 11.3 Å².